The standard InChI is InChI=1S/C12H15NO2/c1-3-9-4-5-11-10(6-9)13-12(14)8(2)7-15-11/h4-6,8H,3,7H2,1-2H3,(H,13,14). The minimum absolute atomic E-state index is 0.0296. The molecular formula is C12H15NO2. The number of benzene rings is 1. The molecule has 3 nitrogen and oxygen atoms in total. The minimum atomic E-state index is -0.0949. The molecule has 1 N–H and O–H groups in total. The smallest absolute Gasteiger partial charge is 0.230 e. The molecule has 1 aliphatic heterocycles. The molecule has 1 unspecified atom stereocenters. The largest absolute Gasteiger partial charge is 0.491 e. The number of hydrogen-bond acceptors (Lipinski definition) is 2. The van der Waals surface area contributed by atoms with Crippen molar-refractivity contribution in [3.8, 4) is 5.75 Å². The molecule has 0 saturated heterocycles. The van der Waals surface area contributed by atoms with E-state index in [1.807, 2.05) is 25.1 Å². The lowest BCUT2D eigenvalue weighted by atomic mass is 10.1. The fraction of sp³-hybridized carbons (Fsp3) is 0.417. The highest BCUT2D eigenvalue weighted by Crippen LogP contribution is 2.29. The molecule has 80 valence electrons. The predicted molar refractivity (Wildman–Crippen MR) is 59.1 cm³/mol. The molecule has 0 fully saturated rings. The van der Waals surface area contributed by atoms with E-state index in [-0.39, 0.29) is 11.8 Å². The van der Waals surface area contributed by atoms with Gasteiger partial charge < -0.3 is 10.1 Å². The second-order valence-corrected chi connectivity index (χ2v) is 3.89. The summed E-state index contributed by atoms with van der Waals surface area (Å²) in [6, 6.07) is 5.93. The lowest BCUT2D eigenvalue weighted by molar-refractivity contribution is -0.119. The topological polar surface area (TPSA) is 38.3 Å². The molecule has 15 heavy (non-hydrogen) atoms. The summed E-state index contributed by atoms with van der Waals surface area (Å²) in [6.07, 6.45) is 0.957. The maximum absolute atomic E-state index is 11.6. The highest BCUT2D eigenvalue weighted by Gasteiger charge is 2.20. The van der Waals surface area contributed by atoms with Crippen molar-refractivity contribution in [2.75, 3.05) is 11.9 Å². The van der Waals surface area contributed by atoms with Gasteiger partial charge >= 0.3 is 0 Å². The van der Waals surface area contributed by atoms with Gasteiger partial charge in [0.25, 0.3) is 0 Å². The van der Waals surface area contributed by atoms with Crippen LogP contribution in [0.1, 0.15) is 19.4 Å². The van der Waals surface area contributed by atoms with E-state index >= 15 is 0 Å². The van der Waals surface area contributed by atoms with Gasteiger partial charge in [0.1, 0.15) is 5.75 Å². The lowest BCUT2D eigenvalue weighted by Crippen LogP contribution is -2.22. The number of hydrogen-bond donors (Lipinski definition) is 1. The maximum atomic E-state index is 11.6. The van der Waals surface area contributed by atoms with Gasteiger partial charge in [-0.3, -0.25) is 4.79 Å². The Morgan fingerprint density at radius 1 is 1.53 bits per heavy atom. The van der Waals surface area contributed by atoms with Crippen molar-refractivity contribution in [3.05, 3.63) is 23.8 Å². The second kappa shape index (κ2) is 3.93. The van der Waals surface area contributed by atoms with Crippen LogP contribution in [0.4, 0.5) is 5.69 Å². The van der Waals surface area contributed by atoms with Crippen molar-refractivity contribution < 1.29 is 9.53 Å². The van der Waals surface area contributed by atoms with Gasteiger partial charge in [-0.2, -0.15) is 0 Å². The van der Waals surface area contributed by atoms with Gasteiger partial charge in [-0.15, -0.1) is 0 Å². The van der Waals surface area contributed by atoms with Gasteiger partial charge in [-0.1, -0.05) is 19.9 Å². The highest BCUT2D eigenvalue weighted by molar-refractivity contribution is 5.94. The van der Waals surface area contributed by atoms with Gasteiger partial charge in [0.15, 0.2) is 0 Å². The summed E-state index contributed by atoms with van der Waals surface area (Å²) in [5.41, 5.74) is 2.00. The number of rotatable bonds is 1. The number of anilines is 1. The second-order valence-electron chi connectivity index (χ2n) is 3.89. The quantitative estimate of drug-likeness (QED) is 0.763. The summed E-state index contributed by atoms with van der Waals surface area (Å²) in [5.74, 6) is 0.703. The fourth-order valence-corrected chi connectivity index (χ4v) is 1.57. The zero-order chi connectivity index (χ0) is 10.8. The Kier molecular flexibility index (Phi) is 2.62. The van der Waals surface area contributed by atoms with Crippen molar-refractivity contribution in [2.45, 2.75) is 20.3 Å². The number of amides is 1. The Bertz CT molecular complexity index is 387. The minimum Gasteiger partial charge on any atom is -0.491 e. The summed E-state index contributed by atoms with van der Waals surface area (Å²) in [6.45, 7) is 4.40. The van der Waals surface area contributed by atoms with E-state index in [0.29, 0.717) is 6.61 Å². The van der Waals surface area contributed by atoms with Crippen molar-refractivity contribution in [3.63, 3.8) is 0 Å². The average Bonchev–Trinajstić information content (AvgIpc) is 2.39. The van der Waals surface area contributed by atoms with Crippen molar-refractivity contribution in [1.82, 2.24) is 0 Å². The van der Waals surface area contributed by atoms with Crippen molar-refractivity contribution >= 4 is 11.6 Å². The van der Waals surface area contributed by atoms with Crippen LogP contribution in [0.3, 0.4) is 0 Å². The molecule has 0 aliphatic carbocycles. The van der Waals surface area contributed by atoms with Gasteiger partial charge in [0.05, 0.1) is 18.2 Å². The molecule has 1 heterocycles. The van der Waals surface area contributed by atoms with Gasteiger partial charge in [0, 0.05) is 0 Å². The zero-order valence-corrected chi connectivity index (χ0v) is 9.04. The molecule has 1 aromatic carbocycles. The summed E-state index contributed by atoms with van der Waals surface area (Å²) in [7, 11) is 0. The van der Waals surface area contributed by atoms with Crippen molar-refractivity contribution in [2.24, 2.45) is 5.92 Å². The molecule has 2 rings (SSSR count). The normalized spacial score (nSPS) is 19.9. The summed E-state index contributed by atoms with van der Waals surface area (Å²) in [4.78, 5) is 11.6. The van der Waals surface area contributed by atoms with E-state index in [0.717, 1.165) is 17.9 Å². The summed E-state index contributed by atoms with van der Waals surface area (Å²) < 4.78 is 5.55. The molecule has 0 radical (unpaired) electrons. The van der Waals surface area contributed by atoms with Crippen LogP contribution in [0.15, 0.2) is 18.2 Å². The number of aryl methyl sites for hydroxylation is 1. The summed E-state index contributed by atoms with van der Waals surface area (Å²) >= 11 is 0. The third-order valence-corrected chi connectivity index (χ3v) is 2.65. The van der Waals surface area contributed by atoms with Crippen LogP contribution in [-0.4, -0.2) is 12.5 Å². The van der Waals surface area contributed by atoms with Crippen LogP contribution in [0.2, 0.25) is 0 Å². The molecular weight excluding hydrogens is 190 g/mol. The molecule has 3 heteroatoms. The van der Waals surface area contributed by atoms with E-state index in [4.69, 9.17) is 4.74 Å². The first kappa shape index (κ1) is 10.0. The first-order valence-electron chi connectivity index (χ1n) is 5.27. The monoisotopic (exact) mass is 205 g/mol. The molecule has 0 aromatic heterocycles. The maximum Gasteiger partial charge on any atom is 0.230 e. The fourth-order valence-electron chi connectivity index (χ4n) is 1.57. The van der Waals surface area contributed by atoms with E-state index in [1.54, 1.807) is 0 Å². The number of carbonyl (C=O) groups is 1. The first-order valence-corrected chi connectivity index (χ1v) is 5.27. The van der Waals surface area contributed by atoms with Crippen molar-refractivity contribution in [1.29, 1.82) is 0 Å². The van der Waals surface area contributed by atoms with E-state index in [9.17, 15) is 4.79 Å². The molecule has 0 bridgehead atoms. The highest BCUT2D eigenvalue weighted by atomic mass is 16.5. The van der Waals surface area contributed by atoms with E-state index < -0.39 is 0 Å². The Labute approximate surface area is 89.4 Å². The van der Waals surface area contributed by atoms with Crippen LogP contribution in [0.25, 0.3) is 0 Å². The Morgan fingerprint density at radius 2 is 2.33 bits per heavy atom. The Morgan fingerprint density at radius 3 is 3.07 bits per heavy atom. The first-order chi connectivity index (χ1) is 7.20. The van der Waals surface area contributed by atoms with E-state index in [2.05, 4.69) is 12.2 Å². The third-order valence-electron chi connectivity index (χ3n) is 2.65. The molecule has 0 saturated carbocycles. The van der Waals surface area contributed by atoms with Gasteiger partial charge in [-0.05, 0) is 24.1 Å². The van der Waals surface area contributed by atoms with Crippen LogP contribution in [0, 0.1) is 5.92 Å². The average molecular weight is 205 g/mol. The number of nitrogens with one attached hydrogen (secondary N) is 1. The molecule has 0 spiro atoms. The lowest BCUT2D eigenvalue weighted by Gasteiger charge is -2.07. The molecule has 1 aliphatic rings. The molecule has 1 aromatic rings. The zero-order valence-electron chi connectivity index (χ0n) is 9.04. The van der Waals surface area contributed by atoms with Crippen LogP contribution in [0.5, 0.6) is 5.75 Å². The Balaban J connectivity index is 2.35. The third kappa shape index (κ3) is 1.96. The Hall–Kier alpha value is -1.51. The van der Waals surface area contributed by atoms with Gasteiger partial charge in [0.2, 0.25) is 5.91 Å². The van der Waals surface area contributed by atoms with Crippen LogP contribution >= 0.6 is 0 Å². The number of ether oxygens (including phenoxy) is 1. The number of fused-ring (bicyclic) bond motifs is 1. The van der Waals surface area contributed by atoms with E-state index in [1.165, 1.54) is 5.56 Å². The SMILES string of the molecule is CCc1ccc2c(c1)NC(=O)C(C)CO2. The predicted octanol–water partition coefficient (Wildman–Crippen LogP) is 2.22. The van der Waals surface area contributed by atoms with Gasteiger partial charge in [-0.25, -0.2) is 0 Å². The number of carbonyl (C=O) groups excluding carboxylic acids is 1. The molecule has 1 amide bonds. The van der Waals surface area contributed by atoms with Crippen LogP contribution in [-0.2, 0) is 11.2 Å². The summed E-state index contributed by atoms with van der Waals surface area (Å²) in [5, 5.41) is 2.88. The van der Waals surface area contributed by atoms with Crippen LogP contribution < -0.4 is 10.1 Å². The molecule has 1 atom stereocenters.